The highest BCUT2D eigenvalue weighted by atomic mass is 16.6. The zero-order valence-electron chi connectivity index (χ0n) is 11.4. The first kappa shape index (κ1) is 13.8. The number of cyclic esters (lactones) is 1. The van der Waals surface area contributed by atoms with Crippen LogP contribution in [0, 0.1) is 0 Å². The fraction of sp³-hybridized carbons (Fsp3) is 0. The summed E-state index contributed by atoms with van der Waals surface area (Å²) in [5.41, 5.74) is 0.917. The molecule has 2 aromatic carbocycles. The van der Waals surface area contributed by atoms with Crippen LogP contribution < -0.4 is 0 Å². The summed E-state index contributed by atoms with van der Waals surface area (Å²) in [5, 5.41) is 0. The quantitative estimate of drug-likeness (QED) is 0.496. The highest BCUT2D eigenvalue weighted by Gasteiger charge is 2.25. The van der Waals surface area contributed by atoms with Crippen LogP contribution in [-0.4, -0.2) is 18.3 Å². The minimum Gasteiger partial charge on any atom is -0.420 e. The summed E-state index contributed by atoms with van der Waals surface area (Å²) in [5.74, 6) is -1.14. The van der Waals surface area contributed by atoms with Gasteiger partial charge in [-0.3, -0.25) is 0 Å². The first-order valence-electron chi connectivity index (χ1n) is 6.56. The predicted molar refractivity (Wildman–Crippen MR) is 79.8 cm³/mol. The van der Waals surface area contributed by atoms with Gasteiger partial charge in [-0.2, -0.15) is 0 Å². The molecule has 0 radical (unpaired) electrons. The number of nitrogens with zero attached hydrogens (tertiary/aromatic N) is 1. The Kier molecular flexibility index (Phi) is 3.78. The molecular weight excluding hydrogens is 282 g/mol. The molecule has 0 saturated heterocycles. The topological polar surface area (TPSA) is 65.0 Å². The summed E-state index contributed by atoms with van der Waals surface area (Å²) in [6, 6.07) is 17.3. The van der Waals surface area contributed by atoms with Crippen LogP contribution in [0.25, 0.3) is 5.76 Å². The van der Waals surface area contributed by atoms with Gasteiger partial charge in [-0.05, 0) is 12.1 Å². The maximum absolute atomic E-state index is 12.2. The van der Waals surface area contributed by atoms with E-state index in [0.717, 1.165) is 6.40 Å². The SMILES string of the molecule is O=C1OC=NC1=C(OC(=O)c1ccccc1)c1ccccc1. The minimum absolute atomic E-state index is 0.0320. The molecule has 0 spiro atoms. The number of carbonyl (C=O) groups excluding carboxylic acids is 2. The molecule has 5 nitrogen and oxygen atoms in total. The lowest BCUT2D eigenvalue weighted by atomic mass is 10.1. The van der Waals surface area contributed by atoms with Gasteiger partial charge in [-0.15, -0.1) is 0 Å². The van der Waals surface area contributed by atoms with Crippen molar-refractivity contribution in [3.8, 4) is 0 Å². The summed E-state index contributed by atoms with van der Waals surface area (Å²) < 4.78 is 10.1. The molecular formula is C17H11NO4. The second-order valence-corrected chi connectivity index (χ2v) is 4.44. The molecule has 0 aliphatic carbocycles. The monoisotopic (exact) mass is 293 g/mol. The summed E-state index contributed by atoms with van der Waals surface area (Å²) in [4.78, 5) is 27.8. The number of rotatable bonds is 3. The molecule has 1 heterocycles. The third-order valence-electron chi connectivity index (χ3n) is 2.99. The van der Waals surface area contributed by atoms with Crippen LogP contribution in [0.15, 0.2) is 71.4 Å². The second-order valence-electron chi connectivity index (χ2n) is 4.44. The molecule has 0 atom stereocenters. The molecule has 0 bridgehead atoms. The van der Waals surface area contributed by atoms with Crippen molar-refractivity contribution >= 4 is 24.1 Å². The molecule has 0 aromatic heterocycles. The third-order valence-corrected chi connectivity index (χ3v) is 2.99. The largest absolute Gasteiger partial charge is 0.420 e. The molecule has 0 unspecified atom stereocenters. The lowest BCUT2D eigenvalue weighted by Gasteiger charge is -2.10. The van der Waals surface area contributed by atoms with Crippen molar-refractivity contribution in [1.29, 1.82) is 0 Å². The average Bonchev–Trinajstić information content (AvgIpc) is 3.00. The van der Waals surface area contributed by atoms with Gasteiger partial charge in [0.25, 0.3) is 0 Å². The molecule has 2 aromatic rings. The Balaban J connectivity index is 1.99. The summed E-state index contributed by atoms with van der Waals surface area (Å²) >= 11 is 0. The molecule has 1 aliphatic heterocycles. The Morgan fingerprint density at radius 1 is 0.909 bits per heavy atom. The lowest BCUT2D eigenvalue weighted by molar-refractivity contribution is -0.129. The number of esters is 2. The van der Waals surface area contributed by atoms with Crippen molar-refractivity contribution in [3.63, 3.8) is 0 Å². The number of hydrogen-bond acceptors (Lipinski definition) is 5. The number of hydrogen-bond donors (Lipinski definition) is 0. The van der Waals surface area contributed by atoms with Gasteiger partial charge in [0.2, 0.25) is 0 Å². The first-order chi connectivity index (χ1) is 10.8. The highest BCUT2D eigenvalue weighted by molar-refractivity contribution is 6.05. The van der Waals surface area contributed by atoms with Gasteiger partial charge in [-0.25, -0.2) is 14.6 Å². The van der Waals surface area contributed by atoms with Gasteiger partial charge >= 0.3 is 11.9 Å². The van der Waals surface area contributed by atoms with Gasteiger partial charge < -0.3 is 9.47 Å². The van der Waals surface area contributed by atoms with E-state index in [4.69, 9.17) is 4.74 Å². The molecule has 0 N–H and O–H groups in total. The molecule has 22 heavy (non-hydrogen) atoms. The van der Waals surface area contributed by atoms with Gasteiger partial charge in [0.1, 0.15) is 0 Å². The van der Waals surface area contributed by atoms with E-state index in [9.17, 15) is 9.59 Å². The van der Waals surface area contributed by atoms with Crippen LogP contribution in [0.1, 0.15) is 15.9 Å². The van der Waals surface area contributed by atoms with Crippen molar-refractivity contribution in [2.24, 2.45) is 4.99 Å². The lowest BCUT2D eigenvalue weighted by Crippen LogP contribution is -2.09. The first-order valence-corrected chi connectivity index (χ1v) is 6.56. The van der Waals surface area contributed by atoms with Crippen molar-refractivity contribution in [1.82, 2.24) is 0 Å². The molecule has 0 fully saturated rings. The Hall–Kier alpha value is -3.21. The summed E-state index contributed by atoms with van der Waals surface area (Å²) in [6.07, 6.45) is 1.02. The smallest absolute Gasteiger partial charge is 0.367 e. The van der Waals surface area contributed by atoms with E-state index >= 15 is 0 Å². The van der Waals surface area contributed by atoms with E-state index in [1.807, 2.05) is 6.07 Å². The van der Waals surface area contributed by atoms with E-state index in [2.05, 4.69) is 9.73 Å². The van der Waals surface area contributed by atoms with Crippen LogP contribution >= 0.6 is 0 Å². The Morgan fingerprint density at radius 2 is 1.50 bits per heavy atom. The van der Waals surface area contributed by atoms with Gasteiger partial charge in [0.15, 0.2) is 17.9 Å². The second kappa shape index (κ2) is 6.05. The number of benzene rings is 2. The number of ether oxygens (including phenoxy) is 2. The van der Waals surface area contributed by atoms with E-state index in [-0.39, 0.29) is 11.5 Å². The van der Waals surface area contributed by atoms with Gasteiger partial charge in [-0.1, -0.05) is 48.5 Å². The van der Waals surface area contributed by atoms with Crippen LogP contribution in [0.5, 0.6) is 0 Å². The Morgan fingerprint density at radius 3 is 2.05 bits per heavy atom. The predicted octanol–water partition coefficient (Wildman–Crippen LogP) is 2.80. The molecule has 0 saturated carbocycles. The number of carbonyl (C=O) groups is 2. The molecule has 5 heteroatoms. The normalized spacial score (nSPS) is 15.4. The van der Waals surface area contributed by atoms with Crippen LogP contribution in [-0.2, 0) is 14.3 Å². The van der Waals surface area contributed by atoms with Crippen molar-refractivity contribution in [2.75, 3.05) is 0 Å². The Labute approximate surface area is 126 Å². The maximum Gasteiger partial charge on any atom is 0.367 e. The zero-order chi connectivity index (χ0) is 15.4. The van der Waals surface area contributed by atoms with Crippen LogP contribution in [0.3, 0.4) is 0 Å². The standard InChI is InChI=1S/C17H11NO4/c19-16(13-9-5-2-6-10-13)22-15(12-7-3-1-4-8-12)14-17(20)21-11-18-14/h1-11H. The summed E-state index contributed by atoms with van der Waals surface area (Å²) in [6.45, 7) is 0. The van der Waals surface area contributed by atoms with Crippen molar-refractivity contribution < 1.29 is 19.1 Å². The van der Waals surface area contributed by atoms with E-state index in [1.165, 1.54) is 0 Å². The van der Waals surface area contributed by atoms with Crippen LogP contribution in [0.4, 0.5) is 0 Å². The van der Waals surface area contributed by atoms with E-state index in [1.54, 1.807) is 54.6 Å². The Bertz CT molecular complexity index is 764. The summed E-state index contributed by atoms with van der Waals surface area (Å²) in [7, 11) is 0. The van der Waals surface area contributed by atoms with E-state index < -0.39 is 11.9 Å². The highest BCUT2D eigenvalue weighted by Crippen LogP contribution is 2.25. The third kappa shape index (κ3) is 2.78. The van der Waals surface area contributed by atoms with Gasteiger partial charge in [0.05, 0.1) is 5.56 Å². The average molecular weight is 293 g/mol. The zero-order valence-corrected chi connectivity index (χ0v) is 11.4. The van der Waals surface area contributed by atoms with Gasteiger partial charge in [0, 0.05) is 5.56 Å². The minimum atomic E-state index is -0.653. The molecule has 3 rings (SSSR count). The molecule has 1 aliphatic rings. The van der Waals surface area contributed by atoms with E-state index in [0.29, 0.717) is 11.1 Å². The van der Waals surface area contributed by atoms with Crippen LogP contribution in [0.2, 0.25) is 0 Å². The molecule has 0 amide bonds. The maximum atomic E-state index is 12.2. The van der Waals surface area contributed by atoms with Crippen molar-refractivity contribution in [2.45, 2.75) is 0 Å². The molecule has 108 valence electrons. The fourth-order valence-electron chi connectivity index (χ4n) is 1.95. The van der Waals surface area contributed by atoms with Crippen molar-refractivity contribution in [3.05, 3.63) is 77.5 Å². The fourth-order valence-corrected chi connectivity index (χ4v) is 1.95. The number of aliphatic imine (C=N–C) groups is 1.